The molecular formula is C21H26N2O2S. The summed E-state index contributed by atoms with van der Waals surface area (Å²) in [6.45, 7) is 5.69. The third kappa shape index (κ3) is 4.33. The maximum atomic E-state index is 12.7. The predicted molar refractivity (Wildman–Crippen MR) is 107 cm³/mol. The van der Waals surface area contributed by atoms with Gasteiger partial charge in [0.1, 0.15) is 0 Å². The second-order valence-corrected chi connectivity index (χ2v) is 7.84. The second-order valence-electron chi connectivity index (χ2n) is 7.06. The van der Waals surface area contributed by atoms with Crippen LogP contribution in [0.2, 0.25) is 0 Å². The highest BCUT2D eigenvalue weighted by Crippen LogP contribution is 2.30. The Balaban J connectivity index is 1.53. The van der Waals surface area contributed by atoms with Crippen LogP contribution in [0.5, 0.6) is 0 Å². The third-order valence-corrected chi connectivity index (χ3v) is 5.51. The molecule has 1 aromatic carbocycles. The Hall–Kier alpha value is -2.14. The molecule has 0 aliphatic carbocycles. The smallest absolute Gasteiger partial charge is 0.252 e. The number of carbonyl (C=O) groups excluding carboxylic acids is 2. The molecule has 0 fully saturated rings. The molecule has 1 aliphatic heterocycles. The largest absolute Gasteiger partial charge is 0.352 e. The first-order valence-corrected chi connectivity index (χ1v) is 10.2. The number of benzene rings is 1. The Morgan fingerprint density at radius 2 is 2.12 bits per heavy atom. The molecule has 2 heterocycles. The third-order valence-electron chi connectivity index (χ3n) is 4.83. The van der Waals surface area contributed by atoms with E-state index in [4.69, 9.17) is 0 Å². The fourth-order valence-electron chi connectivity index (χ4n) is 3.31. The van der Waals surface area contributed by atoms with Gasteiger partial charge in [0.15, 0.2) is 0 Å². The highest BCUT2D eigenvalue weighted by atomic mass is 32.1. The molecule has 5 heteroatoms. The molecule has 0 atom stereocenters. The van der Waals surface area contributed by atoms with Crippen LogP contribution in [0.1, 0.15) is 60.5 Å². The molecule has 3 rings (SSSR count). The van der Waals surface area contributed by atoms with Gasteiger partial charge in [-0.15, -0.1) is 0 Å². The summed E-state index contributed by atoms with van der Waals surface area (Å²) < 4.78 is 0. The van der Waals surface area contributed by atoms with Gasteiger partial charge in [-0.05, 0) is 53.8 Å². The molecule has 0 spiro atoms. The zero-order valence-electron chi connectivity index (χ0n) is 15.5. The zero-order valence-corrected chi connectivity index (χ0v) is 16.3. The molecule has 1 N–H and O–H groups in total. The van der Waals surface area contributed by atoms with Crippen LogP contribution in [0.3, 0.4) is 0 Å². The summed E-state index contributed by atoms with van der Waals surface area (Å²) in [4.78, 5) is 26.5. The van der Waals surface area contributed by atoms with Gasteiger partial charge in [-0.3, -0.25) is 9.59 Å². The van der Waals surface area contributed by atoms with Crippen LogP contribution in [0, 0.1) is 0 Å². The van der Waals surface area contributed by atoms with Crippen molar-refractivity contribution < 1.29 is 9.59 Å². The number of carbonyl (C=O) groups is 2. The van der Waals surface area contributed by atoms with Crippen LogP contribution in [-0.2, 0) is 11.2 Å². The van der Waals surface area contributed by atoms with Crippen molar-refractivity contribution in [2.75, 3.05) is 18.0 Å². The Morgan fingerprint density at radius 3 is 2.85 bits per heavy atom. The summed E-state index contributed by atoms with van der Waals surface area (Å²) in [6, 6.07) is 8.29. The standard InChI is InChI=1S/C21H26N2O2S/c1-15(2)16-7-8-19-17(13-16)5-4-11-23(19)20(24)6-3-10-22-21(25)18-9-12-26-14-18/h7-9,12-15H,3-6,10-11H2,1-2H3,(H,22,25). The number of aryl methyl sites for hydroxylation is 1. The minimum atomic E-state index is -0.0665. The van der Waals surface area contributed by atoms with E-state index in [1.807, 2.05) is 15.7 Å². The van der Waals surface area contributed by atoms with Gasteiger partial charge in [0.05, 0.1) is 0 Å². The van der Waals surface area contributed by atoms with Gasteiger partial charge in [-0.2, -0.15) is 11.3 Å². The van der Waals surface area contributed by atoms with Crippen LogP contribution >= 0.6 is 11.3 Å². The van der Waals surface area contributed by atoms with Gasteiger partial charge in [0.25, 0.3) is 5.91 Å². The van der Waals surface area contributed by atoms with E-state index in [1.165, 1.54) is 22.5 Å². The van der Waals surface area contributed by atoms with E-state index in [9.17, 15) is 9.59 Å². The maximum absolute atomic E-state index is 12.7. The Labute approximate surface area is 159 Å². The molecule has 26 heavy (non-hydrogen) atoms. The maximum Gasteiger partial charge on any atom is 0.252 e. The number of fused-ring (bicyclic) bond motifs is 1. The lowest BCUT2D eigenvalue weighted by molar-refractivity contribution is -0.118. The number of hydrogen-bond donors (Lipinski definition) is 1. The molecule has 0 radical (unpaired) electrons. The van der Waals surface area contributed by atoms with Crippen molar-refractivity contribution >= 4 is 28.8 Å². The topological polar surface area (TPSA) is 49.4 Å². The van der Waals surface area contributed by atoms with E-state index in [0.717, 1.165) is 25.1 Å². The van der Waals surface area contributed by atoms with Crippen molar-refractivity contribution in [2.45, 2.75) is 45.4 Å². The molecule has 1 aliphatic rings. The number of hydrogen-bond acceptors (Lipinski definition) is 3. The molecule has 4 nitrogen and oxygen atoms in total. The summed E-state index contributed by atoms with van der Waals surface area (Å²) in [5.74, 6) is 0.578. The summed E-state index contributed by atoms with van der Waals surface area (Å²) >= 11 is 1.51. The lowest BCUT2D eigenvalue weighted by Gasteiger charge is -2.30. The summed E-state index contributed by atoms with van der Waals surface area (Å²) in [6.07, 6.45) is 3.16. The Kier molecular flexibility index (Phi) is 6.09. The van der Waals surface area contributed by atoms with E-state index in [-0.39, 0.29) is 11.8 Å². The Bertz CT molecular complexity index is 768. The summed E-state index contributed by atoms with van der Waals surface area (Å²) in [5.41, 5.74) is 4.36. The highest BCUT2D eigenvalue weighted by Gasteiger charge is 2.22. The number of nitrogens with zero attached hydrogens (tertiary/aromatic N) is 1. The fraction of sp³-hybridized carbons (Fsp3) is 0.429. The van der Waals surface area contributed by atoms with E-state index < -0.39 is 0 Å². The van der Waals surface area contributed by atoms with Crippen LogP contribution in [0.25, 0.3) is 0 Å². The van der Waals surface area contributed by atoms with Crippen molar-refractivity contribution in [3.63, 3.8) is 0 Å². The van der Waals surface area contributed by atoms with Gasteiger partial charge in [0, 0.05) is 36.1 Å². The first-order chi connectivity index (χ1) is 12.6. The van der Waals surface area contributed by atoms with E-state index in [1.54, 1.807) is 6.07 Å². The second kappa shape index (κ2) is 8.49. The average molecular weight is 371 g/mol. The van der Waals surface area contributed by atoms with Gasteiger partial charge in [-0.1, -0.05) is 26.0 Å². The zero-order chi connectivity index (χ0) is 18.5. The van der Waals surface area contributed by atoms with Gasteiger partial charge < -0.3 is 10.2 Å². The molecular weight excluding hydrogens is 344 g/mol. The number of amides is 2. The SMILES string of the molecule is CC(C)c1ccc2c(c1)CCCN2C(=O)CCCNC(=O)c1ccsc1. The fourth-order valence-corrected chi connectivity index (χ4v) is 3.94. The van der Waals surface area contributed by atoms with Gasteiger partial charge >= 0.3 is 0 Å². The lowest BCUT2D eigenvalue weighted by atomic mass is 9.94. The summed E-state index contributed by atoms with van der Waals surface area (Å²) in [5, 5.41) is 6.60. The molecule has 0 bridgehead atoms. The molecule has 0 unspecified atom stereocenters. The molecule has 1 aromatic heterocycles. The first kappa shape index (κ1) is 18.6. The lowest BCUT2D eigenvalue weighted by Crippen LogP contribution is -2.36. The van der Waals surface area contributed by atoms with Crippen molar-refractivity contribution in [1.29, 1.82) is 0 Å². The van der Waals surface area contributed by atoms with Crippen molar-refractivity contribution in [1.82, 2.24) is 5.32 Å². The number of rotatable bonds is 6. The number of nitrogens with one attached hydrogen (secondary N) is 1. The average Bonchev–Trinajstić information content (AvgIpc) is 3.18. The molecule has 138 valence electrons. The number of anilines is 1. The van der Waals surface area contributed by atoms with Gasteiger partial charge in [-0.25, -0.2) is 0 Å². The van der Waals surface area contributed by atoms with E-state index in [2.05, 4.69) is 37.4 Å². The normalized spacial score (nSPS) is 13.6. The minimum Gasteiger partial charge on any atom is -0.352 e. The van der Waals surface area contributed by atoms with Crippen LogP contribution in [-0.4, -0.2) is 24.9 Å². The highest BCUT2D eigenvalue weighted by molar-refractivity contribution is 7.08. The van der Waals surface area contributed by atoms with Crippen LogP contribution in [0.4, 0.5) is 5.69 Å². The van der Waals surface area contributed by atoms with Crippen molar-refractivity contribution in [3.8, 4) is 0 Å². The monoisotopic (exact) mass is 370 g/mol. The van der Waals surface area contributed by atoms with E-state index >= 15 is 0 Å². The molecule has 2 aromatic rings. The van der Waals surface area contributed by atoms with Crippen LogP contribution in [0.15, 0.2) is 35.0 Å². The van der Waals surface area contributed by atoms with Crippen LogP contribution < -0.4 is 10.2 Å². The minimum absolute atomic E-state index is 0.0665. The predicted octanol–water partition coefficient (Wildman–Crippen LogP) is 4.36. The molecule has 0 saturated heterocycles. The number of thiophene rings is 1. The Morgan fingerprint density at radius 1 is 1.27 bits per heavy atom. The quantitative estimate of drug-likeness (QED) is 0.768. The van der Waals surface area contributed by atoms with Crippen molar-refractivity contribution in [3.05, 3.63) is 51.7 Å². The van der Waals surface area contributed by atoms with Crippen molar-refractivity contribution in [2.24, 2.45) is 0 Å². The van der Waals surface area contributed by atoms with E-state index in [0.29, 0.717) is 30.9 Å². The molecule has 0 saturated carbocycles. The van der Waals surface area contributed by atoms with Gasteiger partial charge in [0.2, 0.25) is 5.91 Å². The first-order valence-electron chi connectivity index (χ1n) is 9.30. The summed E-state index contributed by atoms with van der Waals surface area (Å²) in [7, 11) is 0. The molecule has 2 amide bonds.